The lowest BCUT2D eigenvalue weighted by Crippen LogP contribution is -2.66. The number of ether oxygens (including phenoxy) is 3. The number of hydrogen-bond acceptors (Lipinski definition) is 4. The minimum Gasteiger partial charge on any atom is -0.487 e. The van der Waals surface area contributed by atoms with Crippen molar-refractivity contribution in [3.63, 3.8) is 0 Å². The van der Waals surface area contributed by atoms with Gasteiger partial charge >= 0.3 is 6.09 Å². The van der Waals surface area contributed by atoms with Gasteiger partial charge in [-0.15, -0.1) is 0 Å². The normalized spacial score (nSPS) is 40.1. The SMILES string of the molecule is C[C@H]1C[C@@]2(C)Oc3ccccc3[C@H]3OC[C@]1(COC(=O)NC1CCCCC1)[C@@H](C)[C@H]32. The van der Waals surface area contributed by atoms with Crippen molar-refractivity contribution in [2.24, 2.45) is 23.2 Å². The van der Waals surface area contributed by atoms with Crippen LogP contribution in [0.15, 0.2) is 24.3 Å². The molecule has 164 valence electrons. The van der Waals surface area contributed by atoms with E-state index in [4.69, 9.17) is 14.2 Å². The smallest absolute Gasteiger partial charge is 0.407 e. The highest BCUT2D eigenvalue weighted by atomic mass is 16.6. The molecule has 0 spiro atoms. The standard InChI is InChI=1S/C25H35NO4/c1-16-13-24(3)21-17(2)25(16,15-29-23(27)26-18-9-5-4-6-10-18)14-28-22(21)19-11-7-8-12-20(19)30-24/h7-8,11-12,16-18,21-22H,4-6,9-10,13-15H2,1-3H3,(H,26,27)/t16-,17-,21+,22+,24+,25+/m0/s1. The van der Waals surface area contributed by atoms with Crippen LogP contribution in [0.1, 0.15) is 71.0 Å². The average Bonchev–Trinajstić information content (AvgIpc) is 2.73. The molecule has 0 aromatic heterocycles. The zero-order chi connectivity index (χ0) is 20.9. The quantitative estimate of drug-likeness (QED) is 0.736. The summed E-state index contributed by atoms with van der Waals surface area (Å²) in [6.45, 7) is 7.86. The lowest BCUT2D eigenvalue weighted by atomic mass is 9.50. The maximum Gasteiger partial charge on any atom is 0.407 e. The monoisotopic (exact) mass is 413 g/mol. The summed E-state index contributed by atoms with van der Waals surface area (Å²) in [7, 11) is 0. The molecule has 1 aromatic carbocycles. The van der Waals surface area contributed by atoms with Crippen LogP contribution >= 0.6 is 0 Å². The summed E-state index contributed by atoms with van der Waals surface area (Å²) in [4.78, 5) is 12.5. The number of rotatable bonds is 3. The predicted octanol–water partition coefficient (Wildman–Crippen LogP) is 5.25. The van der Waals surface area contributed by atoms with Gasteiger partial charge in [0.05, 0.1) is 12.7 Å². The largest absolute Gasteiger partial charge is 0.487 e. The van der Waals surface area contributed by atoms with Crippen molar-refractivity contribution < 1.29 is 19.0 Å². The van der Waals surface area contributed by atoms with E-state index in [-0.39, 0.29) is 35.2 Å². The molecule has 2 saturated carbocycles. The Hall–Kier alpha value is -1.75. The van der Waals surface area contributed by atoms with Crippen LogP contribution in [-0.2, 0) is 9.47 Å². The summed E-state index contributed by atoms with van der Waals surface area (Å²) in [5.74, 6) is 1.88. The van der Waals surface area contributed by atoms with Gasteiger partial charge in [0.15, 0.2) is 0 Å². The third-order valence-corrected chi connectivity index (χ3v) is 8.67. The highest BCUT2D eigenvalue weighted by Gasteiger charge is 2.64. The van der Waals surface area contributed by atoms with Gasteiger partial charge in [-0.1, -0.05) is 51.3 Å². The molecule has 1 amide bonds. The maximum absolute atomic E-state index is 12.5. The lowest BCUT2D eigenvalue weighted by Gasteiger charge is -2.63. The summed E-state index contributed by atoms with van der Waals surface area (Å²) < 4.78 is 19.0. The van der Waals surface area contributed by atoms with Crippen LogP contribution in [0, 0.1) is 23.2 Å². The Bertz CT molecular complexity index is 806. The third-order valence-electron chi connectivity index (χ3n) is 8.67. The van der Waals surface area contributed by atoms with Crippen LogP contribution in [0.2, 0.25) is 0 Å². The molecule has 30 heavy (non-hydrogen) atoms. The Labute approximate surface area is 179 Å². The highest BCUT2D eigenvalue weighted by molar-refractivity contribution is 5.67. The number of carbonyl (C=O) groups is 1. The fourth-order valence-electron chi connectivity index (χ4n) is 6.91. The molecule has 1 N–H and O–H groups in total. The fraction of sp³-hybridized carbons (Fsp3) is 0.720. The summed E-state index contributed by atoms with van der Waals surface area (Å²) in [5.41, 5.74) is 0.734. The van der Waals surface area contributed by atoms with Gasteiger partial charge in [0.2, 0.25) is 0 Å². The van der Waals surface area contributed by atoms with Crippen LogP contribution in [0.4, 0.5) is 4.79 Å². The molecule has 1 aromatic rings. The second-order valence-electron chi connectivity index (χ2n) is 10.4. The lowest BCUT2D eigenvalue weighted by molar-refractivity contribution is -0.259. The van der Waals surface area contributed by atoms with Crippen LogP contribution in [0.3, 0.4) is 0 Å². The van der Waals surface area contributed by atoms with Crippen molar-refractivity contribution in [2.75, 3.05) is 13.2 Å². The zero-order valence-corrected chi connectivity index (χ0v) is 18.5. The number of hydrogen-bond donors (Lipinski definition) is 1. The number of para-hydroxylation sites is 1. The van der Waals surface area contributed by atoms with Gasteiger partial charge in [0, 0.05) is 22.9 Å². The molecule has 5 nitrogen and oxygen atoms in total. The third kappa shape index (κ3) is 3.12. The Balaban J connectivity index is 1.34. The first kappa shape index (κ1) is 20.2. The molecular formula is C25H35NO4. The van der Waals surface area contributed by atoms with Crippen molar-refractivity contribution in [3.8, 4) is 5.75 Å². The Morgan fingerprint density at radius 2 is 1.97 bits per heavy atom. The van der Waals surface area contributed by atoms with Gasteiger partial charge < -0.3 is 19.5 Å². The maximum atomic E-state index is 12.5. The molecule has 3 fully saturated rings. The average molecular weight is 414 g/mol. The first-order valence-electron chi connectivity index (χ1n) is 11.8. The molecule has 2 aliphatic heterocycles. The van der Waals surface area contributed by atoms with Crippen molar-refractivity contribution in [2.45, 2.75) is 77.0 Å². The Kier molecular flexibility index (Phi) is 5.00. The zero-order valence-electron chi connectivity index (χ0n) is 18.5. The van der Waals surface area contributed by atoms with E-state index in [2.05, 4.69) is 44.3 Å². The summed E-state index contributed by atoms with van der Waals surface area (Å²) in [5, 5.41) is 3.09. The van der Waals surface area contributed by atoms with Gasteiger partial charge in [-0.25, -0.2) is 4.79 Å². The van der Waals surface area contributed by atoms with E-state index in [0.717, 1.165) is 30.6 Å². The molecule has 1 saturated heterocycles. The van der Waals surface area contributed by atoms with Gasteiger partial charge in [-0.2, -0.15) is 0 Å². The number of carbonyl (C=O) groups excluding carboxylic acids is 1. The van der Waals surface area contributed by atoms with E-state index in [1.165, 1.54) is 19.3 Å². The molecule has 2 bridgehead atoms. The molecule has 5 heteroatoms. The second kappa shape index (κ2) is 7.44. The Morgan fingerprint density at radius 1 is 1.20 bits per heavy atom. The Morgan fingerprint density at radius 3 is 2.77 bits per heavy atom. The minimum atomic E-state index is -0.267. The van der Waals surface area contributed by atoms with E-state index in [0.29, 0.717) is 25.0 Å². The summed E-state index contributed by atoms with van der Waals surface area (Å²) in [6, 6.07) is 8.55. The molecule has 6 atom stereocenters. The minimum absolute atomic E-state index is 0.0478. The van der Waals surface area contributed by atoms with Crippen molar-refractivity contribution in [3.05, 3.63) is 29.8 Å². The van der Waals surface area contributed by atoms with Crippen LogP contribution in [0.5, 0.6) is 5.75 Å². The van der Waals surface area contributed by atoms with E-state index in [1.54, 1.807) is 0 Å². The van der Waals surface area contributed by atoms with Gasteiger partial charge in [-0.05, 0) is 44.1 Å². The van der Waals surface area contributed by atoms with E-state index in [9.17, 15) is 4.79 Å². The first-order valence-corrected chi connectivity index (χ1v) is 11.8. The van der Waals surface area contributed by atoms with Crippen LogP contribution in [0.25, 0.3) is 0 Å². The van der Waals surface area contributed by atoms with E-state index in [1.807, 2.05) is 6.07 Å². The molecular weight excluding hydrogens is 378 g/mol. The van der Waals surface area contributed by atoms with Gasteiger partial charge in [0.25, 0.3) is 0 Å². The molecule has 2 aliphatic carbocycles. The molecule has 0 unspecified atom stereocenters. The van der Waals surface area contributed by atoms with Crippen LogP contribution in [-0.4, -0.2) is 30.9 Å². The van der Waals surface area contributed by atoms with Crippen molar-refractivity contribution >= 4 is 6.09 Å². The van der Waals surface area contributed by atoms with Crippen LogP contribution < -0.4 is 10.1 Å². The topological polar surface area (TPSA) is 56.8 Å². The second-order valence-corrected chi connectivity index (χ2v) is 10.4. The van der Waals surface area contributed by atoms with Gasteiger partial charge in [-0.3, -0.25) is 0 Å². The van der Waals surface area contributed by atoms with Gasteiger partial charge in [0.1, 0.15) is 18.0 Å². The predicted molar refractivity (Wildman–Crippen MR) is 114 cm³/mol. The molecule has 2 heterocycles. The fourth-order valence-corrected chi connectivity index (χ4v) is 6.91. The highest BCUT2D eigenvalue weighted by Crippen LogP contribution is 2.63. The summed E-state index contributed by atoms with van der Waals surface area (Å²) in [6.07, 6.45) is 6.52. The number of nitrogens with one attached hydrogen (secondary N) is 1. The molecule has 4 aliphatic rings. The summed E-state index contributed by atoms with van der Waals surface area (Å²) >= 11 is 0. The van der Waals surface area contributed by atoms with E-state index >= 15 is 0 Å². The van der Waals surface area contributed by atoms with E-state index < -0.39 is 0 Å². The molecule has 0 radical (unpaired) electrons. The van der Waals surface area contributed by atoms with Crippen molar-refractivity contribution in [1.29, 1.82) is 0 Å². The number of fused-ring (bicyclic) bond motifs is 3. The number of benzene rings is 1. The first-order chi connectivity index (χ1) is 14.4. The van der Waals surface area contributed by atoms with Crippen molar-refractivity contribution in [1.82, 2.24) is 5.32 Å². The number of alkyl carbamates (subject to hydrolysis) is 1. The molecule has 5 rings (SSSR count). The number of amides is 1.